The molecule has 1 fully saturated rings. The van der Waals surface area contributed by atoms with Gasteiger partial charge in [-0.05, 0) is 62.1 Å². The number of aromatic amines is 1. The van der Waals surface area contributed by atoms with E-state index in [2.05, 4.69) is 15.3 Å². The second-order valence-electron chi connectivity index (χ2n) is 6.27. The molecule has 1 atom stereocenters. The number of nitrogens with zero attached hydrogens (tertiary/aromatic N) is 1. The number of hydrogen-bond acceptors (Lipinski definition) is 2. The van der Waals surface area contributed by atoms with Crippen molar-refractivity contribution in [1.82, 2.24) is 15.3 Å². The van der Waals surface area contributed by atoms with Crippen LogP contribution < -0.4 is 5.32 Å². The van der Waals surface area contributed by atoms with Crippen LogP contribution >= 0.6 is 0 Å². The van der Waals surface area contributed by atoms with Gasteiger partial charge in [0.1, 0.15) is 0 Å². The zero-order valence-corrected chi connectivity index (χ0v) is 13.0. The zero-order valence-electron chi connectivity index (χ0n) is 13.0. The van der Waals surface area contributed by atoms with Gasteiger partial charge in [0.25, 0.3) is 5.91 Å². The minimum absolute atomic E-state index is 0.00400. The molecule has 0 spiro atoms. The van der Waals surface area contributed by atoms with Gasteiger partial charge in [0.2, 0.25) is 0 Å². The van der Waals surface area contributed by atoms with Gasteiger partial charge < -0.3 is 10.3 Å². The summed E-state index contributed by atoms with van der Waals surface area (Å²) in [7, 11) is 0. The zero-order chi connectivity index (χ0) is 15.8. The Morgan fingerprint density at radius 3 is 2.91 bits per heavy atom. The van der Waals surface area contributed by atoms with Crippen molar-refractivity contribution in [2.24, 2.45) is 5.92 Å². The molecule has 116 valence electrons. The first-order chi connectivity index (χ1) is 11.2. The van der Waals surface area contributed by atoms with E-state index in [9.17, 15) is 4.79 Å². The van der Waals surface area contributed by atoms with Crippen LogP contribution in [0.15, 0.2) is 48.7 Å². The Labute approximate surface area is 134 Å². The Morgan fingerprint density at radius 1 is 1.26 bits per heavy atom. The summed E-state index contributed by atoms with van der Waals surface area (Å²) in [6.07, 6.45) is 4.19. The first-order valence-corrected chi connectivity index (χ1v) is 8.02. The van der Waals surface area contributed by atoms with Crippen LogP contribution in [0, 0.1) is 12.8 Å². The van der Waals surface area contributed by atoms with Gasteiger partial charge in [-0.1, -0.05) is 6.07 Å². The van der Waals surface area contributed by atoms with Crippen LogP contribution in [0.2, 0.25) is 0 Å². The van der Waals surface area contributed by atoms with E-state index in [4.69, 9.17) is 0 Å². The quantitative estimate of drug-likeness (QED) is 0.771. The van der Waals surface area contributed by atoms with E-state index >= 15 is 0 Å². The number of benzene rings is 1. The molecule has 2 aromatic heterocycles. The molecular formula is C19H19N3O. The first-order valence-electron chi connectivity index (χ1n) is 8.02. The standard InChI is InChI=1S/C19H19N3O/c1-12-3-2-4-17(21-12)18(13-5-6-13)22-19(23)15-7-8-16-14(11-15)9-10-20-16/h2-4,7-11,13,18,20H,5-6H2,1H3,(H,22,23)/t18-/m0/s1. The maximum atomic E-state index is 12.7. The maximum Gasteiger partial charge on any atom is 0.251 e. The predicted molar refractivity (Wildman–Crippen MR) is 90.2 cm³/mol. The lowest BCUT2D eigenvalue weighted by Crippen LogP contribution is -2.30. The van der Waals surface area contributed by atoms with Crippen molar-refractivity contribution in [2.75, 3.05) is 0 Å². The molecule has 1 amide bonds. The second-order valence-corrected chi connectivity index (χ2v) is 6.27. The number of carbonyl (C=O) groups excluding carboxylic acids is 1. The molecule has 0 unspecified atom stereocenters. The van der Waals surface area contributed by atoms with Crippen LogP contribution in [0.5, 0.6) is 0 Å². The lowest BCUT2D eigenvalue weighted by molar-refractivity contribution is 0.0931. The van der Waals surface area contributed by atoms with Crippen molar-refractivity contribution in [2.45, 2.75) is 25.8 Å². The van der Waals surface area contributed by atoms with Gasteiger partial charge in [-0.25, -0.2) is 0 Å². The molecular weight excluding hydrogens is 286 g/mol. The van der Waals surface area contributed by atoms with Crippen molar-refractivity contribution in [3.8, 4) is 0 Å². The highest BCUT2D eigenvalue weighted by atomic mass is 16.1. The van der Waals surface area contributed by atoms with Crippen molar-refractivity contribution in [3.05, 3.63) is 65.6 Å². The Kier molecular flexibility index (Phi) is 3.37. The molecule has 2 heterocycles. The summed E-state index contributed by atoms with van der Waals surface area (Å²) >= 11 is 0. The van der Waals surface area contributed by atoms with Crippen LogP contribution in [0.4, 0.5) is 0 Å². The molecule has 23 heavy (non-hydrogen) atoms. The molecule has 3 aromatic rings. The molecule has 0 bridgehead atoms. The second kappa shape index (κ2) is 5.54. The van der Waals surface area contributed by atoms with Gasteiger partial charge in [-0.15, -0.1) is 0 Å². The van der Waals surface area contributed by atoms with E-state index in [-0.39, 0.29) is 11.9 Å². The highest BCUT2D eigenvalue weighted by molar-refractivity contribution is 5.98. The van der Waals surface area contributed by atoms with Crippen LogP contribution in [0.25, 0.3) is 10.9 Å². The van der Waals surface area contributed by atoms with Crippen molar-refractivity contribution in [3.63, 3.8) is 0 Å². The van der Waals surface area contributed by atoms with E-state index in [0.29, 0.717) is 11.5 Å². The third-order valence-electron chi connectivity index (χ3n) is 4.42. The number of hydrogen-bond donors (Lipinski definition) is 2. The van der Waals surface area contributed by atoms with Crippen molar-refractivity contribution in [1.29, 1.82) is 0 Å². The number of amides is 1. The largest absolute Gasteiger partial charge is 0.361 e. The van der Waals surface area contributed by atoms with Gasteiger partial charge in [0.05, 0.1) is 11.7 Å². The van der Waals surface area contributed by atoms with E-state index in [1.807, 2.05) is 55.6 Å². The Morgan fingerprint density at radius 2 is 2.13 bits per heavy atom. The number of rotatable bonds is 4. The summed E-state index contributed by atoms with van der Waals surface area (Å²) in [5.74, 6) is 0.470. The summed E-state index contributed by atoms with van der Waals surface area (Å²) in [6.45, 7) is 1.98. The molecule has 0 saturated heterocycles. The molecule has 1 aliphatic rings. The van der Waals surface area contributed by atoms with E-state index < -0.39 is 0 Å². The average molecular weight is 305 g/mol. The number of pyridine rings is 1. The highest BCUT2D eigenvalue weighted by Crippen LogP contribution is 2.40. The van der Waals surface area contributed by atoms with Gasteiger partial charge in [-0.2, -0.15) is 0 Å². The summed E-state index contributed by atoms with van der Waals surface area (Å²) in [5, 5.41) is 4.23. The number of H-pyrrole nitrogens is 1. The summed E-state index contributed by atoms with van der Waals surface area (Å²) in [5.41, 5.74) is 3.68. The molecule has 4 heteroatoms. The number of aromatic nitrogens is 2. The normalized spacial score (nSPS) is 15.5. The Hall–Kier alpha value is -2.62. The van der Waals surface area contributed by atoms with Crippen LogP contribution in [-0.2, 0) is 0 Å². The van der Waals surface area contributed by atoms with Crippen LogP contribution in [-0.4, -0.2) is 15.9 Å². The lowest BCUT2D eigenvalue weighted by atomic mass is 10.1. The predicted octanol–water partition coefficient (Wildman–Crippen LogP) is 3.75. The molecule has 0 aliphatic heterocycles. The Bertz CT molecular complexity index is 864. The van der Waals surface area contributed by atoms with Crippen LogP contribution in [0.3, 0.4) is 0 Å². The number of fused-ring (bicyclic) bond motifs is 1. The minimum atomic E-state index is -0.0340. The first kappa shape index (κ1) is 14.0. The van der Waals surface area contributed by atoms with Crippen molar-refractivity contribution < 1.29 is 4.79 Å². The molecule has 4 nitrogen and oxygen atoms in total. The molecule has 1 aromatic carbocycles. The average Bonchev–Trinajstić information content (AvgIpc) is 3.28. The third-order valence-corrected chi connectivity index (χ3v) is 4.42. The van der Waals surface area contributed by atoms with E-state index in [0.717, 1.165) is 35.1 Å². The van der Waals surface area contributed by atoms with Crippen LogP contribution in [0.1, 0.15) is 40.6 Å². The van der Waals surface area contributed by atoms with Gasteiger partial charge >= 0.3 is 0 Å². The highest BCUT2D eigenvalue weighted by Gasteiger charge is 2.34. The van der Waals surface area contributed by atoms with Gasteiger partial charge in [0.15, 0.2) is 0 Å². The molecule has 1 saturated carbocycles. The maximum absolute atomic E-state index is 12.7. The SMILES string of the molecule is Cc1cccc([C@@H](NC(=O)c2ccc3[nH]ccc3c2)C2CC2)n1. The van der Waals surface area contributed by atoms with Gasteiger partial charge in [0, 0.05) is 28.4 Å². The smallest absolute Gasteiger partial charge is 0.251 e. The van der Waals surface area contributed by atoms with E-state index in [1.165, 1.54) is 0 Å². The fourth-order valence-electron chi connectivity index (χ4n) is 3.02. The molecule has 1 aliphatic carbocycles. The molecule has 4 rings (SSSR count). The summed E-state index contributed by atoms with van der Waals surface area (Å²) < 4.78 is 0. The fraction of sp³-hybridized carbons (Fsp3) is 0.263. The number of carbonyl (C=O) groups is 1. The summed E-state index contributed by atoms with van der Waals surface area (Å²) in [4.78, 5) is 20.4. The minimum Gasteiger partial charge on any atom is -0.361 e. The fourth-order valence-corrected chi connectivity index (χ4v) is 3.02. The monoisotopic (exact) mass is 305 g/mol. The third kappa shape index (κ3) is 2.84. The van der Waals surface area contributed by atoms with Crippen molar-refractivity contribution >= 4 is 16.8 Å². The Balaban J connectivity index is 1.60. The molecule has 0 radical (unpaired) electrons. The van der Waals surface area contributed by atoms with E-state index in [1.54, 1.807) is 0 Å². The number of nitrogens with one attached hydrogen (secondary N) is 2. The van der Waals surface area contributed by atoms with Gasteiger partial charge in [-0.3, -0.25) is 9.78 Å². The lowest BCUT2D eigenvalue weighted by Gasteiger charge is -2.18. The molecule has 2 N–H and O–H groups in total. The number of aryl methyl sites for hydroxylation is 1. The summed E-state index contributed by atoms with van der Waals surface area (Å²) in [6, 6.07) is 13.7. The topological polar surface area (TPSA) is 57.8 Å².